The Hall–Kier alpha value is -1.88. The van der Waals surface area contributed by atoms with E-state index in [1.54, 1.807) is 0 Å². The number of nitrogens with one attached hydrogen (secondary N) is 2. The Morgan fingerprint density at radius 1 is 1.36 bits per heavy atom. The molecule has 2 aliphatic rings. The van der Waals surface area contributed by atoms with E-state index in [2.05, 4.69) is 10.6 Å². The molecule has 1 unspecified atom stereocenters. The maximum absolute atomic E-state index is 12.3. The smallest absolute Gasteiger partial charge is 0.227 e. The van der Waals surface area contributed by atoms with Gasteiger partial charge in [-0.25, -0.2) is 0 Å². The Kier molecular flexibility index (Phi) is 4.43. The van der Waals surface area contributed by atoms with Gasteiger partial charge in [0.15, 0.2) is 0 Å². The number of hydrogen-bond acceptors (Lipinski definition) is 3. The molecule has 2 N–H and O–H groups in total. The van der Waals surface area contributed by atoms with Crippen molar-refractivity contribution in [1.82, 2.24) is 5.32 Å². The van der Waals surface area contributed by atoms with E-state index >= 15 is 0 Å². The second kappa shape index (κ2) is 6.48. The minimum Gasteiger partial charge on any atom is -0.326 e. The Balaban J connectivity index is 1.68. The molecule has 1 aromatic rings. The molecule has 3 rings (SSSR count). The molecule has 0 aliphatic carbocycles. The van der Waals surface area contributed by atoms with E-state index in [1.807, 2.05) is 36.1 Å². The van der Waals surface area contributed by atoms with E-state index in [0.29, 0.717) is 12.3 Å². The van der Waals surface area contributed by atoms with Gasteiger partial charge in [-0.1, -0.05) is 13.0 Å². The average Bonchev–Trinajstić information content (AvgIpc) is 2.46. The monoisotopic (exact) mass is 301 g/mol. The molecule has 22 heavy (non-hydrogen) atoms. The summed E-state index contributed by atoms with van der Waals surface area (Å²) in [5.74, 6) is 0.644. The molecule has 0 bridgehead atoms. The summed E-state index contributed by atoms with van der Waals surface area (Å²) in [6, 6.07) is 7.59. The van der Waals surface area contributed by atoms with Crippen molar-refractivity contribution < 1.29 is 9.59 Å². The molecule has 2 amide bonds. The summed E-state index contributed by atoms with van der Waals surface area (Å²) < 4.78 is 0. The van der Waals surface area contributed by atoms with Crippen molar-refractivity contribution >= 4 is 23.2 Å². The standard InChI is InChI=1S/C17H23N3O2/c1-12(13-10-18-11-13)17(22)19-14-5-4-6-15(9-14)20-8-3-2-7-16(20)21/h4-6,9,12-13,18H,2-3,7-8,10-11H2,1H3,(H,19,22). The lowest BCUT2D eigenvalue weighted by Gasteiger charge is -2.32. The van der Waals surface area contributed by atoms with Gasteiger partial charge in [-0.2, -0.15) is 0 Å². The van der Waals surface area contributed by atoms with Crippen LogP contribution in [0.1, 0.15) is 26.2 Å². The number of carbonyl (C=O) groups excluding carboxylic acids is 2. The fourth-order valence-corrected chi connectivity index (χ4v) is 2.97. The lowest BCUT2D eigenvalue weighted by Crippen LogP contribution is -2.48. The number of carbonyl (C=O) groups is 2. The summed E-state index contributed by atoms with van der Waals surface area (Å²) in [5, 5.41) is 6.17. The molecule has 2 aliphatic heterocycles. The first-order chi connectivity index (χ1) is 10.6. The highest BCUT2D eigenvalue weighted by Gasteiger charge is 2.28. The topological polar surface area (TPSA) is 61.4 Å². The fourth-order valence-electron chi connectivity index (χ4n) is 2.97. The quantitative estimate of drug-likeness (QED) is 0.894. The zero-order valence-corrected chi connectivity index (χ0v) is 13.0. The average molecular weight is 301 g/mol. The van der Waals surface area contributed by atoms with Crippen LogP contribution in [0, 0.1) is 11.8 Å². The Labute approximate surface area is 131 Å². The molecule has 0 radical (unpaired) electrons. The van der Waals surface area contributed by atoms with Gasteiger partial charge >= 0.3 is 0 Å². The van der Waals surface area contributed by atoms with E-state index in [-0.39, 0.29) is 17.7 Å². The van der Waals surface area contributed by atoms with E-state index in [0.717, 1.165) is 43.9 Å². The van der Waals surface area contributed by atoms with Gasteiger partial charge in [0.2, 0.25) is 11.8 Å². The highest BCUT2D eigenvalue weighted by Crippen LogP contribution is 2.25. The van der Waals surface area contributed by atoms with Gasteiger partial charge in [0.05, 0.1) is 0 Å². The first-order valence-electron chi connectivity index (χ1n) is 8.07. The summed E-state index contributed by atoms with van der Waals surface area (Å²) >= 11 is 0. The number of benzene rings is 1. The summed E-state index contributed by atoms with van der Waals surface area (Å²) in [6.07, 6.45) is 2.62. The van der Waals surface area contributed by atoms with Gasteiger partial charge in [-0.05, 0) is 50.0 Å². The molecule has 2 heterocycles. The summed E-state index contributed by atoms with van der Waals surface area (Å²) in [6.45, 7) is 4.56. The van der Waals surface area contributed by atoms with Crippen LogP contribution in [0.3, 0.4) is 0 Å². The molecule has 118 valence electrons. The minimum atomic E-state index is 0.00141. The number of nitrogens with zero attached hydrogens (tertiary/aromatic N) is 1. The number of hydrogen-bond donors (Lipinski definition) is 2. The molecular formula is C17H23N3O2. The van der Waals surface area contributed by atoms with Gasteiger partial charge in [-0.15, -0.1) is 0 Å². The van der Waals surface area contributed by atoms with Crippen LogP contribution in [0.25, 0.3) is 0 Å². The van der Waals surface area contributed by atoms with Crippen LogP contribution in [0.4, 0.5) is 11.4 Å². The van der Waals surface area contributed by atoms with Crippen LogP contribution >= 0.6 is 0 Å². The van der Waals surface area contributed by atoms with Crippen LogP contribution in [-0.2, 0) is 9.59 Å². The van der Waals surface area contributed by atoms with Crippen molar-refractivity contribution in [3.8, 4) is 0 Å². The molecule has 0 aromatic heterocycles. The van der Waals surface area contributed by atoms with Crippen molar-refractivity contribution in [2.45, 2.75) is 26.2 Å². The normalized spacial score (nSPS) is 20.4. The fraction of sp³-hybridized carbons (Fsp3) is 0.529. The zero-order valence-electron chi connectivity index (χ0n) is 13.0. The molecule has 2 fully saturated rings. The Morgan fingerprint density at radius 2 is 2.18 bits per heavy atom. The molecule has 2 saturated heterocycles. The SMILES string of the molecule is CC(C(=O)Nc1cccc(N2CCCCC2=O)c1)C1CNC1. The third kappa shape index (κ3) is 3.14. The van der Waals surface area contributed by atoms with Crippen LogP contribution in [-0.4, -0.2) is 31.4 Å². The van der Waals surface area contributed by atoms with Gasteiger partial charge < -0.3 is 15.5 Å². The minimum absolute atomic E-state index is 0.00141. The highest BCUT2D eigenvalue weighted by molar-refractivity contribution is 5.96. The predicted molar refractivity (Wildman–Crippen MR) is 86.8 cm³/mol. The predicted octanol–water partition coefficient (Wildman–Crippen LogP) is 2.00. The van der Waals surface area contributed by atoms with E-state index < -0.39 is 0 Å². The maximum Gasteiger partial charge on any atom is 0.227 e. The molecule has 5 nitrogen and oxygen atoms in total. The Morgan fingerprint density at radius 3 is 2.86 bits per heavy atom. The van der Waals surface area contributed by atoms with Crippen molar-refractivity contribution in [3.63, 3.8) is 0 Å². The second-order valence-electron chi connectivity index (χ2n) is 6.25. The third-order valence-electron chi connectivity index (χ3n) is 4.68. The van der Waals surface area contributed by atoms with Gasteiger partial charge in [0.1, 0.15) is 0 Å². The van der Waals surface area contributed by atoms with Crippen molar-refractivity contribution in [2.75, 3.05) is 29.9 Å². The summed E-state index contributed by atoms with van der Waals surface area (Å²) in [7, 11) is 0. The molecule has 1 aromatic carbocycles. The largest absolute Gasteiger partial charge is 0.326 e. The number of rotatable bonds is 4. The van der Waals surface area contributed by atoms with Crippen LogP contribution in [0.5, 0.6) is 0 Å². The van der Waals surface area contributed by atoms with Crippen molar-refractivity contribution in [3.05, 3.63) is 24.3 Å². The third-order valence-corrected chi connectivity index (χ3v) is 4.68. The Bertz CT molecular complexity index is 569. The molecular weight excluding hydrogens is 278 g/mol. The number of amides is 2. The second-order valence-corrected chi connectivity index (χ2v) is 6.25. The molecule has 1 atom stereocenters. The lowest BCUT2D eigenvalue weighted by atomic mass is 9.88. The summed E-state index contributed by atoms with van der Waals surface area (Å²) in [4.78, 5) is 26.1. The van der Waals surface area contributed by atoms with Gasteiger partial charge in [0.25, 0.3) is 0 Å². The summed E-state index contributed by atoms with van der Waals surface area (Å²) in [5.41, 5.74) is 1.64. The van der Waals surface area contributed by atoms with Crippen molar-refractivity contribution in [1.29, 1.82) is 0 Å². The first-order valence-corrected chi connectivity index (χ1v) is 8.07. The van der Waals surface area contributed by atoms with Crippen LogP contribution in [0.2, 0.25) is 0 Å². The number of anilines is 2. The van der Waals surface area contributed by atoms with E-state index in [1.165, 1.54) is 0 Å². The number of piperidine rings is 1. The van der Waals surface area contributed by atoms with Crippen LogP contribution < -0.4 is 15.5 Å². The molecule has 0 saturated carbocycles. The van der Waals surface area contributed by atoms with Crippen molar-refractivity contribution in [2.24, 2.45) is 11.8 Å². The first kappa shape index (κ1) is 15.0. The maximum atomic E-state index is 12.3. The van der Waals surface area contributed by atoms with Gasteiger partial charge in [-0.3, -0.25) is 9.59 Å². The highest BCUT2D eigenvalue weighted by atomic mass is 16.2. The van der Waals surface area contributed by atoms with E-state index in [4.69, 9.17) is 0 Å². The van der Waals surface area contributed by atoms with Gasteiger partial charge in [0, 0.05) is 30.3 Å². The lowest BCUT2D eigenvalue weighted by molar-refractivity contribution is -0.121. The molecule has 5 heteroatoms. The zero-order chi connectivity index (χ0) is 15.5. The van der Waals surface area contributed by atoms with Crippen LogP contribution in [0.15, 0.2) is 24.3 Å². The van der Waals surface area contributed by atoms with E-state index in [9.17, 15) is 9.59 Å². The molecule has 0 spiro atoms.